The normalized spacial score (nSPS) is 11.4. The highest BCUT2D eigenvalue weighted by molar-refractivity contribution is 6.01. The lowest BCUT2D eigenvalue weighted by atomic mass is 10.1. The number of aryl methyl sites for hydroxylation is 1. The highest BCUT2D eigenvalue weighted by Crippen LogP contribution is 2.26. The Hall–Kier alpha value is -4.80. The summed E-state index contributed by atoms with van der Waals surface area (Å²) in [6.07, 6.45) is 3.38. The first-order valence-corrected chi connectivity index (χ1v) is 9.62. The van der Waals surface area contributed by atoms with E-state index < -0.39 is 5.91 Å². The molecule has 158 valence electrons. The molecule has 11 nitrogen and oxygen atoms in total. The Balaban J connectivity index is 1.48. The monoisotopic (exact) mass is 427 g/mol. The number of anilines is 1. The van der Waals surface area contributed by atoms with Crippen LogP contribution in [0.5, 0.6) is 0 Å². The van der Waals surface area contributed by atoms with Gasteiger partial charge in [-0.3, -0.25) is 4.79 Å². The third-order valence-electron chi connectivity index (χ3n) is 4.90. The maximum atomic E-state index is 12.9. The lowest BCUT2D eigenvalue weighted by Crippen LogP contribution is -2.19. The Labute approximate surface area is 180 Å². The molecule has 3 aromatic heterocycles. The summed E-state index contributed by atoms with van der Waals surface area (Å²) >= 11 is 0. The van der Waals surface area contributed by atoms with E-state index in [4.69, 9.17) is 5.73 Å². The zero-order valence-electron chi connectivity index (χ0n) is 16.9. The van der Waals surface area contributed by atoms with Gasteiger partial charge in [0.2, 0.25) is 11.6 Å². The molecule has 0 unspecified atom stereocenters. The molecule has 5 aromatic rings. The van der Waals surface area contributed by atoms with Crippen molar-refractivity contribution in [1.82, 2.24) is 35.7 Å². The Morgan fingerprint density at radius 2 is 2.00 bits per heavy atom. The number of nitrogen functional groups attached to an aromatic ring is 1. The SMILES string of the molecule is Cc1ccc(-c2c(C(=O)N/N=C/c3c[nH]c4ccccc34)nnn2-c2nonc2N)cc1. The fraction of sp³-hybridized carbons (Fsp3) is 0.0476. The van der Waals surface area contributed by atoms with E-state index >= 15 is 0 Å². The molecule has 0 saturated carbocycles. The molecule has 0 fully saturated rings. The Morgan fingerprint density at radius 1 is 1.19 bits per heavy atom. The number of para-hydroxylation sites is 1. The van der Waals surface area contributed by atoms with E-state index in [-0.39, 0.29) is 17.3 Å². The Morgan fingerprint density at radius 3 is 2.78 bits per heavy atom. The van der Waals surface area contributed by atoms with Gasteiger partial charge in [0.05, 0.1) is 6.21 Å². The number of benzene rings is 2. The number of H-pyrrole nitrogens is 1. The van der Waals surface area contributed by atoms with Gasteiger partial charge in [-0.05, 0) is 23.3 Å². The number of rotatable bonds is 5. The van der Waals surface area contributed by atoms with E-state index in [0.29, 0.717) is 11.3 Å². The van der Waals surface area contributed by atoms with E-state index in [1.807, 2.05) is 61.7 Å². The van der Waals surface area contributed by atoms with Crippen molar-refractivity contribution in [2.75, 3.05) is 5.73 Å². The third kappa shape index (κ3) is 3.37. The summed E-state index contributed by atoms with van der Waals surface area (Å²) in [5, 5.41) is 20.5. The zero-order chi connectivity index (χ0) is 22.1. The number of nitrogens with two attached hydrogens (primary N) is 1. The second-order valence-electron chi connectivity index (χ2n) is 7.03. The van der Waals surface area contributed by atoms with Crippen molar-refractivity contribution in [1.29, 1.82) is 0 Å². The van der Waals surface area contributed by atoms with Crippen LogP contribution in [0.4, 0.5) is 5.82 Å². The van der Waals surface area contributed by atoms with Gasteiger partial charge in [-0.1, -0.05) is 53.2 Å². The fourth-order valence-corrected chi connectivity index (χ4v) is 3.31. The Bertz CT molecular complexity index is 1440. The minimum atomic E-state index is -0.544. The van der Waals surface area contributed by atoms with Gasteiger partial charge in [-0.25, -0.2) is 10.1 Å². The molecular weight excluding hydrogens is 410 g/mol. The van der Waals surface area contributed by atoms with Crippen LogP contribution in [0.1, 0.15) is 21.6 Å². The molecule has 3 heterocycles. The van der Waals surface area contributed by atoms with Crippen molar-refractivity contribution in [3.8, 4) is 17.1 Å². The Kier molecular flexibility index (Phi) is 4.67. The van der Waals surface area contributed by atoms with Crippen LogP contribution in [0.25, 0.3) is 28.0 Å². The van der Waals surface area contributed by atoms with Crippen LogP contribution in [0.15, 0.2) is 64.5 Å². The molecule has 32 heavy (non-hydrogen) atoms. The number of hydrogen-bond acceptors (Lipinski definition) is 8. The molecule has 0 radical (unpaired) electrons. The third-order valence-corrected chi connectivity index (χ3v) is 4.90. The van der Waals surface area contributed by atoms with Gasteiger partial charge in [0.15, 0.2) is 5.69 Å². The summed E-state index contributed by atoms with van der Waals surface area (Å²) in [5.41, 5.74) is 12.3. The highest BCUT2D eigenvalue weighted by atomic mass is 16.6. The first-order valence-electron chi connectivity index (χ1n) is 9.62. The van der Waals surface area contributed by atoms with E-state index in [1.165, 1.54) is 4.68 Å². The number of nitrogens with one attached hydrogen (secondary N) is 2. The number of fused-ring (bicyclic) bond motifs is 1. The van der Waals surface area contributed by atoms with Gasteiger partial charge in [0, 0.05) is 28.2 Å². The number of hydrogen-bond donors (Lipinski definition) is 3. The molecule has 0 aliphatic rings. The van der Waals surface area contributed by atoms with Crippen molar-refractivity contribution in [3.05, 3.63) is 71.5 Å². The van der Waals surface area contributed by atoms with Crippen molar-refractivity contribution in [2.24, 2.45) is 5.10 Å². The number of nitrogens with zero attached hydrogens (tertiary/aromatic N) is 6. The molecule has 2 aromatic carbocycles. The molecule has 0 aliphatic heterocycles. The van der Waals surface area contributed by atoms with Crippen LogP contribution in [0, 0.1) is 6.92 Å². The number of carbonyl (C=O) groups is 1. The molecule has 0 bridgehead atoms. The fourth-order valence-electron chi connectivity index (χ4n) is 3.31. The summed E-state index contributed by atoms with van der Waals surface area (Å²) in [4.78, 5) is 16.1. The smallest absolute Gasteiger partial charge is 0.294 e. The van der Waals surface area contributed by atoms with Gasteiger partial charge < -0.3 is 10.7 Å². The summed E-state index contributed by atoms with van der Waals surface area (Å²) in [5.74, 6) is -0.389. The van der Waals surface area contributed by atoms with Crippen LogP contribution in [0.3, 0.4) is 0 Å². The summed E-state index contributed by atoms with van der Waals surface area (Å²) in [7, 11) is 0. The van der Waals surface area contributed by atoms with Gasteiger partial charge in [0.1, 0.15) is 5.69 Å². The average Bonchev–Trinajstić information content (AvgIpc) is 3.52. The minimum absolute atomic E-state index is 0.0209. The highest BCUT2D eigenvalue weighted by Gasteiger charge is 2.25. The number of amides is 1. The molecule has 4 N–H and O–H groups in total. The number of carbonyl (C=O) groups excluding carboxylic acids is 1. The van der Waals surface area contributed by atoms with E-state index in [2.05, 4.69) is 40.8 Å². The summed E-state index contributed by atoms with van der Waals surface area (Å²) in [6, 6.07) is 15.3. The minimum Gasteiger partial charge on any atom is -0.378 e. The quantitative estimate of drug-likeness (QED) is 0.288. The maximum Gasteiger partial charge on any atom is 0.294 e. The average molecular weight is 427 g/mol. The van der Waals surface area contributed by atoms with Gasteiger partial charge >= 0.3 is 0 Å². The number of hydrazone groups is 1. The van der Waals surface area contributed by atoms with E-state index in [1.54, 1.807) is 6.21 Å². The number of aromatic nitrogens is 6. The van der Waals surface area contributed by atoms with Gasteiger partial charge in [-0.15, -0.1) is 5.10 Å². The molecule has 0 atom stereocenters. The maximum absolute atomic E-state index is 12.9. The van der Waals surface area contributed by atoms with E-state index in [0.717, 1.165) is 22.0 Å². The predicted octanol–water partition coefficient (Wildman–Crippen LogP) is 2.45. The van der Waals surface area contributed by atoms with Gasteiger partial charge in [-0.2, -0.15) is 9.78 Å². The lowest BCUT2D eigenvalue weighted by Gasteiger charge is -2.06. The molecule has 0 saturated heterocycles. The summed E-state index contributed by atoms with van der Waals surface area (Å²) < 4.78 is 5.99. The second-order valence-corrected chi connectivity index (χ2v) is 7.03. The number of aromatic amines is 1. The first-order chi connectivity index (χ1) is 15.6. The van der Waals surface area contributed by atoms with Crippen LogP contribution >= 0.6 is 0 Å². The standard InChI is InChI=1S/C21H17N9O2/c1-12-6-8-13(9-7-12)18-17(25-29-30(18)20-19(22)27-32-28-20)21(31)26-24-11-14-10-23-16-5-3-2-4-15(14)16/h2-11,23H,1H3,(H2,22,27)(H,26,31)/b24-11+. The van der Waals surface area contributed by atoms with Crippen molar-refractivity contribution in [3.63, 3.8) is 0 Å². The van der Waals surface area contributed by atoms with Crippen LogP contribution in [0.2, 0.25) is 0 Å². The molecule has 11 heteroatoms. The van der Waals surface area contributed by atoms with Crippen molar-refractivity contribution in [2.45, 2.75) is 6.92 Å². The molecule has 5 rings (SSSR count). The van der Waals surface area contributed by atoms with E-state index in [9.17, 15) is 4.79 Å². The largest absolute Gasteiger partial charge is 0.378 e. The van der Waals surface area contributed by atoms with Crippen molar-refractivity contribution >= 4 is 28.8 Å². The first kappa shape index (κ1) is 19.2. The molecule has 0 aliphatic carbocycles. The zero-order valence-corrected chi connectivity index (χ0v) is 16.9. The molecular formula is C21H17N9O2. The summed E-state index contributed by atoms with van der Waals surface area (Å²) in [6.45, 7) is 1.96. The molecule has 1 amide bonds. The predicted molar refractivity (Wildman–Crippen MR) is 117 cm³/mol. The second kappa shape index (κ2) is 7.80. The van der Waals surface area contributed by atoms with Crippen LogP contribution in [-0.2, 0) is 0 Å². The van der Waals surface area contributed by atoms with Crippen molar-refractivity contribution < 1.29 is 9.42 Å². The molecule has 0 spiro atoms. The van der Waals surface area contributed by atoms with Gasteiger partial charge in [0.25, 0.3) is 5.91 Å². The van der Waals surface area contributed by atoms with Crippen LogP contribution < -0.4 is 11.2 Å². The topological polar surface area (TPSA) is 153 Å². The lowest BCUT2D eigenvalue weighted by molar-refractivity contribution is 0.0950. The van der Waals surface area contributed by atoms with Crippen LogP contribution in [-0.4, -0.2) is 42.4 Å².